The van der Waals surface area contributed by atoms with E-state index >= 15 is 0 Å². The van der Waals surface area contributed by atoms with E-state index in [4.69, 9.17) is 4.74 Å². The lowest BCUT2D eigenvalue weighted by Gasteiger charge is -2.32. The summed E-state index contributed by atoms with van der Waals surface area (Å²) in [6.45, 7) is 12.9. The number of aromatic nitrogens is 1. The predicted octanol–water partition coefficient (Wildman–Crippen LogP) is 2.53. The average Bonchev–Trinajstić information content (AvgIpc) is 2.34. The van der Waals surface area contributed by atoms with Gasteiger partial charge in [0.2, 0.25) is 5.88 Å². The minimum Gasteiger partial charge on any atom is -0.475 e. The Labute approximate surface area is 123 Å². The van der Waals surface area contributed by atoms with Gasteiger partial charge in [0.05, 0.1) is 0 Å². The number of hydrogen-bond acceptors (Lipinski definition) is 4. The summed E-state index contributed by atoms with van der Waals surface area (Å²) < 4.78 is 6.03. The predicted molar refractivity (Wildman–Crippen MR) is 84.4 cm³/mol. The van der Waals surface area contributed by atoms with E-state index in [1.165, 1.54) is 5.56 Å². The van der Waals surface area contributed by atoms with E-state index in [-0.39, 0.29) is 5.54 Å². The Morgan fingerprint density at radius 2 is 1.95 bits per heavy atom. The monoisotopic (exact) mass is 279 g/mol. The Morgan fingerprint density at radius 3 is 2.50 bits per heavy atom. The zero-order chi connectivity index (χ0) is 15.3. The van der Waals surface area contributed by atoms with Crippen molar-refractivity contribution in [3.05, 3.63) is 22.9 Å². The molecule has 0 spiro atoms. The van der Waals surface area contributed by atoms with Crippen LogP contribution in [-0.2, 0) is 6.54 Å². The van der Waals surface area contributed by atoms with Crippen LogP contribution in [0.25, 0.3) is 0 Å². The molecule has 1 aromatic rings. The zero-order valence-electron chi connectivity index (χ0n) is 14.0. The Bertz CT molecular complexity index is 442. The van der Waals surface area contributed by atoms with Crippen LogP contribution in [-0.4, -0.2) is 42.7 Å². The second kappa shape index (κ2) is 7.04. The second-order valence-corrected chi connectivity index (χ2v) is 6.14. The van der Waals surface area contributed by atoms with Crippen LogP contribution in [0.1, 0.15) is 37.6 Å². The Hall–Kier alpha value is -1.13. The Kier molecular flexibility index (Phi) is 5.96. The number of nitrogens with one attached hydrogen (secondary N) is 1. The summed E-state index contributed by atoms with van der Waals surface area (Å²) in [5.74, 6) is 0.762. The van der Waals surface area contributed by atoms with E-state index in [2.05, 4.69) is 63.1 Å². The molecule has 114 valence electrons. The smallest absolute Gasteiger partial charge is 0.218 e. The molecule has 4 heteroatoms. The van der Waals surface area contributed by atoms with Crippen LogP contribution < -0.4 is 10.1 Å². The van der Waals surface area contributed by atoms with Crippen molar-refractivity contribution in [2.24, 2.45) is 0 Å². The van der Waals surface area contributed by atoms with Crippen molar-refractivity contribution in [2.45, 2.75) is 46.7 Å². The highest BCUT2D eigenvalue weighted by Crippen LogP contribution is 2.22. The normalized spacial score (nSPS) is 12.0. The molecule has 1 N–H and O–H groups in total. The molecule has 0 amide bonds. The largest absolute Gasteiger partial charge is 0.475 e. The van der Waals surface area contributed by atoms with Crippen molar-refractivity contribution >= 4 is 0 Å². The lowest BCUT2D eigenvalue weighted by molar-refractivity contribution is 0.110. The highest BCUT2D eigenvalue weighted by Gasteiger charge is 2.22. The molecule has 0 aliphatic heterocycles. The standard InChI is InChI=1S/C16H29N3O/c1-8-17-10-14-12(2)9-13(3)18-15(14)20-11-16(4,5)19(6)7/h9,17H,8,10-11H2,1-7H3. The van der Waals surface area contributed by atoms with Crippen LogP contribution in [0.5, 0.6) is 5.88 Å². The van der Waals surface area contributed by atoms with Crippen LogP contribution in [0.2, 0.25) is 0 Å². The van der Waals surface area contributed by atoms with E-state index in [0.29, 0.717) is 6.61 Å². The fourth-order valence-corrected chi connectivity index (χ4v) is 1.79. The van der Waals surface area contributed by atoms with E-state index in [9.17, 15) is 0 Å². The van der Waals surface area contributed by atoms with Gasteiger partial charge in [0.15, 0.2) is 0 Å². The van der Waals surface area contributed by atoms with Crippen molar-refractivity contribution in [3.63, 3.8) is 0 Å². The number of ether oxygens (including phenoxy) is 1. The number of rotatable bonds is 7. The molecule has 0 radical (unpaired) electrons. The van der Waals surface area contributed by atoms with Gasteiger partial charge >= 0.3 is 0 Å². The highest BCUT2D eigenvalue weighted by atomic mass is 16.5. The zero-order valence-corrected chi connectivity index (χ0v) is 14.0. The highest BCUT2D eigenvalue weighted by molar-refractivity contribution is 5.36. The summed E-state index contributed by atoms with van der Waals surface area (Å²) >= 11 is 0. The fourth-order valence-electron chi connectivity index (χ4n) is 1.79. The SMILES string of the molecule is CCNCc1c(C)cc(C)nc1OCC(C)(C)N(C)C. The van der Waals surface area contributed by atoms with Gasteiger partial charge < -0.3 is 15.0 Å². The minimum absolute atomic E-state index is 0.0191. The first-order valence-electron chi connectivity index (χ1n) is 7.26. The number of pyridine rings is 1. The van der Waals surface area contributed by atoms with E-state index in [1.54, 1.807) is 0 Å². The van der Waals surface area contributed by atoms with Gasteiger partial charge in [0.25, 0.3) is 0 Å². The molecular formula is C16H29N3O. The van der Waals surface area contributed by atoms with Crippen LogP contribution in [0.3, 0.4) is 0 Å². The third-order valence-corrected chi connectivity index (χ3v) is 3.76. The van der Waals surface area contributed by atoms with Crippen molar-refractivity contribution in [3.8, 4) is 5.88 Å². The van der Waals surface area contributed by atoms with Crippen molar-refractivity contribution in [2.75, 3.05) is 27.2 Å². The van der Waals surface area contributed by atoms with Gasteiger partial charge in [0.1, 0.15) is 6.61 Å². The van der Waals surface area contributed by atoms with E-state index in [1.807, 2.05) is 6.92 Å². The number of hydrogen-bond donors (Lipinski definition) is 1. The van der Waals surface area contributed by atoms with E-state index in [0.717, 1.165) is 30.2 Å². The van der Waals surface area contributed by atoms with Crippen LogP contribution >= 0.6 is 0 Å². The molecule has 0 aliphatic carbocycles. The summed E-state index contributed by atoms with van der Waals surface area (Å²) in [7, 11) is 4.13. The lowest BCUT2D eigenvalue weighted by Crippen LogP contribution is -2.43. The van der Waals surface area contributed by atoms with Gasteiger partial charge in [-0.25, -0.2) is 4.98 Å². The van der Waals surface area contributed by atoms with E-state index < -0.39 is 0 Å². The number of likely N-dealkylation sites (N-methyl/N-ethyl adjacent to an activating group) is 1. The van der Waals surface area contributed by atoms with Gasteiger partial charge in [0, 0.05) is 23.3 Å². The molecule has 4 nitrogen and oxygen atoms in total. The maximum absolute atomic E-state index is 6.03. The molecule has 0 unspecified atom stereocenters. The molecule has 1 aromatic heterocycles. The van der Waals surface area contributed by atoms with Crippen LogP contribution in [0, 0.1) is 13.8 Å². The first-order valence-corrected chi connectivity index (χ1v) is 7.26. The minimum atomic E-state index is -0.0191. The fraction of sp³-hybridized carbons (Fsp3) is 0.688. The third kappa shape index (κ3) is 4.46. The molecule has 0 aromatic carbocycles. The third-order valence-electron chi connectivity index (χ3n) is 3.76. The lowest BCUT2D eigenvalue weighted by atomic mass is 10.1. The molecule has 0 saturated heterocycles. The second-order valence-electron chi connectivity index (χ2n) is 6.14. The van der Waals surface area contributed by atoms with Crippen molar-refractivity contribution < 1.29 is 4.74 Å². The van der Waals surface area contributed by atoms with Crippen molar-refractivity contribution in [1.82, 2.24) is 15.2 Å². The van der Waals surface area contributed by atoms with Gasteiger partial charge in [-0.3, -0.25) is 0 Å². The summed E-state index contributed by atoms with van der Waals surface area (Å²) in [6.07, 6.45) is 0. The molecule has 1 rings (SSSR count). The number of aryl methyl sites for hydroxylation is 2. The molecule has 20 heavy (non-hydrogen) atoms. The maximum atomic E-state index is 6.03. The average molecular weight is 279 g/mol. The maximum Gasteiger partial charge on any atom is 0.218 e. The molecule has 0 bridgehead atoms. The summed E-state index contributed by atoms with van der Waals surface area (Å²) in [5, 5.41) is 3.35. The first-order chi connectivity index (χ1) is 9.27. The molecule has 1 heterocycles. The Morgan fingerprint density at radius 1 is 1.30 bits per heavy atom. The van der Waals surface area contributed by atoms with Gasteiger partial charge in [-0.05, 0) is 60.0 Å². The summed E-state index contributed by atoms with van der Waals surface area (Å²) in [5.41, 5.74) is 3.37. The molecule has 0 aliphatic rings. The molecule has 0 fully saturated rings. The van der Waals surface area contributed by atoms with Gasteiger partial charge in [-0.15, -0.1) is 0 Å². The van der Waals surface area contributed by atoms with Crippen molar-refractivity contribution in [1.29, 1.82) is 0 Å². The molecule has 0 saturated carbocycles. The van der Waals surface area contributed by atoms with Gasteiger partial charge in [-0.1, -0.05) is 6.92 Å². The summed E-state index contributed by atoms with van der Waals surface area (Å²) in [6, 6.07) is 2.11. The van der Waals surface area contributed by atoms with Crippen LogP contribution in [0.15, 0.2) is 6.07 Å². The first kappa shape index (κ1) is 16.9. The quantitative estimate of drug-likeness (QED) is 0.832. The molecule has 0 atom stereocenters. The van der Waals surface area contributed by atoms with Gasteiger partial charge in [-0.2, -0.15) is 0 Å². The Balaban J connectivity index is 2.92. The molecular weight excluding hydrogens is 250 g/mol. The van der Waals surface area contributed by atoms with Crippen LogP contribution in [0.4, 0.5) is 0 Å². The number of nitrogens with zero attached hydrogens (tertiary/aromatic N) is 2. The summed E-state index contributed by atoms with van der Waals surface area (Å²) in [4.78, 5) is 6.73. The topological polar surface area (TPSA) is 37.4 Å².